The largest absolute Gasteiger partial charge is 0.381 e. The number of hydrogen-bond donors (Lipinski definition) is 0. The van der Waals surface area contributed by atoms with Gasteiger partial charge in [0.05, 0.1) is 6.61 Å². The third kappa shape index (κ3) is 6.64. The van der Waals surface area contributed by atoms with Crippen molar-refractivity contribution in [1.29, 1.82) is 0 Å². The van der Waals surface area contributed by atoms with Crippen molar-refractivity contribution in [2.24, 2.45) is 0 Å². The second-order valence-corrected chi connectivity index (χ2v) is 4.59. The van der Waals surface area contributed by atoms with E-state index in [0.29, 0.717) is 5.75 Å². The number of ether oxygens (including phenoxy) is 1. The van der Waals surface area contributed by atoms with E-state index >= 15 is 0 Å². The summed E-state index contributed by atoms with van der Waals surface area (Å²) in [4.78, 5) is 10.0. The molecule has 16 heavy (non-hydrogen) atoms. The molecule has 0 bridgehead atoms. The van der Waals surface area contributed by atoms with E-state index in [0.717, 1.165) is 38.1 Å². The maximum Gasteiger partial charge on any atom is 0.129 e. The van der Waals surface area contributed by atoms with Gasteiger partial charge in [-0.3, -0.25) is 0 Å². The van der Waals surface area contributed by atoms with Crippen LogP contribution >= 0.6 is 11.8 Å². The summed E-state index contributed by atoms with van der Waals surface area (Å²) >= 11 is 1.66. The van der Waals surface area contributed by atoms with Gasteiger partial charge in [-0.1, -0.05) is 30.3 Å². The van der Waals surface area contributed by atoms with Gasteiger partial charge < -0.3 is 9.53 Å². The van der Waals surface area contributed by atoms with Crippen molar-refractivity contribution in [3.63, 3.8) is 0 Å². The number of aldehydes is 1. The van der Waals surface area contributed by atoms with Crippen LogP contribution in [-0.4, -0.2) is 31.0 Å². The molecule has 0 atom stereocenters. The van der Waals surface area contributed by atoms with Crippen LogP contribution in [0.15, 0.2) is 30.3 Å². The van der Waals surface area contributed by atoms with Gasteiger partial charge in [-0.15, -0.1) is 0 Å². The van der Waals surface area contributed by atoms with Crippen LogP contribution in [0.3, 0.4) is 0 Å². The zero-order valence-corrected chi connectivity index (χ0v) is 10.2. The lowest BCUT2D eigenvalue weighted by Crippen LogP contribution is -2.01. The number of thioether (sulfide) groups is 1. The highest BCUT2D eigenvalue weighted by molar-refractivity contribution is 7.99. The molecule has 0 N–H and O–H groups in total. The third-order valence-corrected chi connectivity index (χ3v) is 3.09. The molecule has 3 heteroatoms. The molecule has 0 heterocycles. The molecule has 0 radical (unpaired) electrons. The summed E-state index contributed by atoms with van der Waals surface area (Å²) in [7, 11) is 0. The van der Waals surface area contributed by atoms with Crippen LogP contribution < -0.4 is 0 Å². The monoisotopic (exact) mass is 238 g/mol. The summed E-state index contributed by atoms with van der Waals surface area (Å²) in [6, 6.07) is 10.3. The van der Waals surface area contributed by atoms with Gasteiger partial charge >= 0.3 is 0 Å². The standard InChI is InChI=1S/C13H18O2S/c14-8-12-16-11-4-9-15-10-7-13-5-2-1-3-6-13/h1-3,5-6,8H,4,7,9-12H2. The van der Waals surface area contributed by atoms with E-state index in [9.17, 15) is 4.79 Å². The minimum absolute atomic E-state index is 0.601. The average Bonchev–Trinajstić information content (AvgIpc) is 2.34. The highest BCUT2D eigenvalue weighted by Gasteiger charge is 1.93. The maximum atomic E-state index is 10.0. The van der Waals surface area contributed by atoms with Crippen LogP contribution in [0.2, 0.25) is 0 Å². The van der Waals surface area contributed by atoms with Crippen LogP contribution in [0.25, 0.3) is 0 Å². The minimum Gasteiger partial charge on any atom is -0.381 e. The molecule has 88 valence electrons. The molecule has 1 aromatic carbocycles. The van der Waals surface area contributed by atoms with E-state index in [1.165, 1.54) is 5.56 Å². The molecule has 0 aromatic heterocycles. The lowest BCUT2D eigenvalue weighted by molar-refractivity contribution is -0.105. The van der Waals surface area contributed by atoms with E-state index in [1.807, 2.05) is 18.2 Å². The molecule has 0 saturated heterocycles. The first-order valence-corrected chi connectivity index (χ1v) is 6.72. The van der Waals surface area contributed by atoms with E-state index < -0.39 is 0 Å². The normalized spacial score (nSPS) is 10.2. The second-order valence-electron chi connectivity index (χ2n) is 3.44. The Kier molecular flexibility index (Phi) is 7.82. The van der Waals surface area contributed by atoms with Gasteiger partial charge in [-0.2, -0.15) is 11.8 Å². The lowest BCUT2D eigenvalue weighted by atomic mass is 10.2. The molecule has 0 aliphatic heterocycles. The SMILES string of the molecule is O=CCSCCCOCCc1ccccc1. The summed E-state index contributed by atoms with van der Waals surface area (Å²) in [6.45, 7) is 1.57. The Morgan fingerprint density at radius 3 is 2.75 bits per heavy atom. The highest BCUT2D eigenvalue weighted by atomic mass is 32.2. The summed E-state index contributed by atoms with van der Waals surface area (Å²) in [5.74, 6) is 1.61. The Hall–Kier alpha value is -0.800. The van der Waals surface area contributed by atoms with Crippen molar-refractivity contribution in [3.8, 4) is 0 Å². The Labute approximate surface area is 101 Å². The van der Waals surface area contributed by atoms with Gasteiger partial charge in [0, 0.05) is 12.4 Å². The van der Waals surface area contributed by atoms with Crippen molar-refractivity contribution in [2.45, 2.75) is 12.8 Å². The molecular formula is C13H18O2S. The first-order chi connectivity index (χ1) is 7.93. The minimum atomic E-state index is 0.601. The zero-order valence-electron chi connectivity index (χ0n) is 9.43. The van der Waals surface area contributed by atoms with E-state index in [1.54, 1.807) is 11.8 Å². The predicted octanol–water partition coefficient (Wildman–Crippen LogP) is 2.57. The topological polar surface area (TPSA) is 26.3 Å². The molecular weight excluding hydrogens is 220 g/mol. The van der Waals surface area contributed by atoms with Crippen LogP contribution in [0.5, 0.6) is 0 Å². The van der Waals surface area contributed by atoms with Gasteiger partial charge in [0.15, 0.2) is 0 Å². The molecule has 1 aromatic rings. The number of benzene rings is 1. The number of rotatable bonds is 9. The van der Waals surface area contributed by atoms with Crippen molar-refractivity contribution in [3.05, 3.63) is 35.9 Å². The van der Waals surface area contributed by atoms with E-state index in [4.69, 9.17) is 4.74 Å². The fourth-order valence-electron chi connectivity index (χ4n) is 1.33. The molecule has 0 saturated carbocycles. The van der Waals surface area contributed by atoms with Crippen LogP contribution in [0, 0.1) is 0 Å². The van der Waals surface area contributed by atoms with Gasteiger partial charge in [0.25, 0.3) is 0 Å². The van der Waals surface area contributed by atoms with Crippen molar-refractivity contribution < 1.29 is 9.53 Å². The number of hydrogen-bond acceptors (Lipinski definition) is 3. The van der Waals surface area contributed by atoms with Gasteiger partial charge in [-0.25, -0.2) is 0 Å². The predicted molar refractivity (Wildman–Crippen MR) is 69.0 cm³/mol. The molecule has 0 fully saturated rings. The molecule has 2 nitrogen and oxygen atoms in total. The second kappa shape index (κ2) is 9.43. The molecule has 1 rings (SSSR count). The molecule has 0 amide bonds. The molecule has 0 unspecified atom stereocenters. The smallest absolute Gasteiger partial charge is 0.129 e. The first-order valence-electron chi connectivity index (χ1n) is 5.56. The number of carbonyl (C=O) groups excluding carboxylic acids is 1. The summed E-state index contributed by atoms with van der Waals surface area (Å²) in [6.07, 6.45) is 2.94. The third-order valence-electron chi connectivity index (χ3n) is 2.14. The van der Waals surface area contributed by atoms with Gasteiger partial charge in [-0.05, 0) is 24.2 Å². The molecule has 0 spiro atoms. The summed E-state index contributed by atoms with van der Waals surface area (Å²) in [5, 5.41) is 0. The highest BCUT2D eigenvalue weighted by Crippen LogP contribution is 2.02. The average molecular weight is 238 g/mol. The Balaban J connectivity index is 1.90. The van der Waals surface area contributed by atoms with Gasteiger partial charge in [0.1, 0.15) is 6.29 Å². The summed E-state index contributed by atoms with van der Waals surface area (Å²) in [5.41, 5.74) is 1.32. The van der Waals surface area contributed by atoms with Crippen molar-refractivity contribution in [2.75, 3.05) is 24.7 Å². The van der Waals surface area contributed by atoms with E-state index in [2.05, 4.69) is 12.1 Å². The first kappa shape index (κ1) is 13.3. The number of carbonyl (C=O) groups is 1. The quantitative estimate of drug-likeness (QED) is 0.488. The Morgan fingerprint density at radius 1 is 1.19 bits per heavy atom. The summed E-state index contributed by atoms with van der Waals surface area (Å²) < 4.78 is 5.52. The fraction of sp³-hybridized carbons (Fsp3) is 0.462. The molecule has 0 aliphatic carbocycles. The lowest BCUT2D eigenvalue weighted by Gasteiger charge is -2.03. The van der Waals surface area contributed by atoms with Crippen LogP contribution in [-0.2, 0) is 16.0 Å². The maximum absolute atomic E-state index is 10.0. The Morgan fingerprint density at radius 2 is 2.00 bits per heavy atom. The zero-order chi connectivity index (χ0) is 11.5. The van der Waals surface area contributed by atoms with Crippen LogP contribution in [0.1, 0.15) is 12.0 Å². The van der Waals surface area contributed by atoms with Crippen molar-refractivity contribution in [1.82, 2.24) is 0 Å². The van der Waals surface area contributed by atoms with Crippen LogP contribution in [0.4, 0.5) is 0 Å². The Bertz CT molecular complexity index is 275. The molecule has 0 aliphatic rings. The van der Waals surface area contributed by atoms with E-state index in [-0.39, 0.29) is 0 Å². The fourth-order valence-corrected chi connectivity index (χ4v) is 1.92. The van der Waals surface area contributed by atoms with Gasteiger partial charge in [0.2, 0.25) is 0 Å². The van der Waals surface area contributed by atoms with Crippen molar-refractivity contribution >= 4 is 18.0 Å².